The third-order valence-electron chi connectivity index (χ3n) is 3.81. The maximum atomic E-state index is 12.1. The molecular weight excluding hydrogens is 340 g/mol. The molecule has 0 saturated heterocycles. The molecule has 0 aliphatic carbocycles. The van der Waals surface area contributed by atoms with Gasteiger partial charge in [-0.1, -0.05) is 6.92 Å². The summed E-state index contributed by atoms with van der Waals surface area (Å²) in [6.07, 6.45) is 0.314. The Morgan fingerprint density at radius 3 is 2.36 bits per heavy atom. The third kappa shape index (κ3) is 5.51. The van der Waals surface area contributed by atoms with E-state index in [2.05, 4.69) is 25.7 Å². The summed E-state index contributed by atoms with van der Waals surface area (Å²) in [5.41, 5.74) is 4.45. The van der Waals surface area contributed by atoms with Crippen LogP contribution < -0.4 is 10.6 Å². The fraction of sp³-hybridized carbons (Fsp3) is 0.529. The molecule has 138 valence electrons. The summed E-state index contributed by atoms with van der Waals surface area (Å²) in [5.74, 6) is 0.548. The molecule has 0 bridgehead atoms. The maximum absolute atomic E-state index is 12.1. The van der Waals surface area contributed by atoms with Crippen molar-refractivity contribution in [1.29, 1.82) is 0 Å². The van der Waals surface area contributed by atoms with Gasteiger partial charge in [0.2, 0.25) is 5.91 Å². The number of nitrogens with zero attached hydrogens (tertiary/aromatic N) is 4. The van der Waals surface area contributed by atoms with Gasteiger partial charge >= 0.3 is 0 Å². The average molecular weight is 367 g/mol. The molecular formula is C17H27ClN6O. The van der Waals surface area contributed by atoms with E-state index < -0.39 is 0 Å². The van der Waals surface area contributed by atoms with Crippen molar-refractivity contribution in [3.8, 4) is 5.95 Å². The van der Waals surface area contributed by atoms with Crippen LogP contribution >= 0.6 is 12.4 Å². The van der Waals surface area contributed by atoms with Gasteiger partial charge in [-0.3, -0.25) is 4.79 Å². The van der Waals surface area contributed by atoms with Crippen molar-refractivity contribution >= 4 is 18.3 Å². The van der Waals surface area contributed by atoms with Crippen molar-refractivity contribution in [2.24, 2.45) is 0 Å². The molecule has 2 N–H and O–H groups in total. The molecule has 2 heterocycles. The van der Waals surface area contributed by atoms with Crippen molar-refractivity contribution in [1.82, 2.24) is 30.4 Å². The standard InChI is InChI=1S/C17H26N6O.ClH/c1-6-18-7-8-19-16(24)10-15-13(4)22-23(14(15)5)17-20-11(2)9-12(3)21-17;/h9,18H,6-8,10H2,1-5H3,(H,19,24);1H. The predicted molar refractivity (Wildman–Crippen MR) is 101 cm³/mol. The Morgan fingerprint density at radius 1 is 1.12 bits per heavy atom. The SMILES string of the molecule is CCNCCNC(=O)Cc1c(C)nn(-c2nc(C)cc(C)n2)c1C.Cl. The molecule has 2 rings (SSSR count). The molecule has 0 radical (unpaired) electrons. The zero-order valence-electron chi connectivity index (χ0n) is 15.5. The lowest BCUT2D eigenvalue weighted by Gasteiger charge is -2.07. The van der Waals surface area contributed by atoms with Gasteiger partial charge < -0.3 is 10.6 Å². The highest BCUT2D eigenvalue weighted by molar-refractivity contribution is 5.85. The summed E-state index contributed by atoms with van der Waals surface area (Å²) in [6, 6.07) is 1.92. The van der Waals surface area contributed by atoms with Crippen LogP contribution in [0.4, 0.5) is 0 Å². The van der Waals surface area contributed by atoms with E-state index in [1.807, 2.05) is 40.7 Å². The number of carbonyl (C=O) groups excluding carboxylic acids is 1. The highest BCUT2D eigenvalue weighted by Crippen LogP contribution is 2.17. The minimum atomic E-state index is -0.00000535. The number of aromatic nitrogens is 4. The van der Waals surface area contributed by atoms with Crippen LogP contribution in [0.5, 0.6) is 0 Å². The monoisotopic (exact) mass is 366 g/mol. The second kappa shape index (κ2) is 9.48. The van der Waals surface area contributed by atoms with Crippen LogP contribution in [-0.4, -0.2) is 45.3 Å². The third-order valence-corrected chi connectivity index (χ3v) is 3.81. The fourth-order valence-corrected chi connectivity index (χ4v) is 2.62. The smallest absolute Gasteiger partial charge is 0.251 e. The highest BCUT2D eigenvalue weighted by atomic mass is 35.5. The number of nitrogens with one attached hydrogen (secondary N) is 2. The Labute approximate surface area is 155 Å². The number of aryl methyl sites for hydroxylation is 3. The molecule has 2 aromatic heterocycles. The summed E-state index contributed by atoms with van der Waals surface area (Å²) in [5, 5.41) is 10.6. The number of amides is 1. The van der Waals surface area contributed by atoms with Gasteiger partial charge in [0, 0.05) is 35.7 Å². The minimum absolute atomic E-state index is 0. The van der Waals surface area contributed by atoms with Crippen LogP contribution in [-0.2, 0) is 11.2 Å². The average Bonchev–Trinajstić information content (AvgIpc) is 2.79. The van der Waals surface area contributed by atoms with E-state index in [0.717, 1.165) is 41.4 Å². The lowest BCUT2D eigenvalue weighted by Crippen LogP contribution is -2.32. The van der Waals surface area contributed by atoms with Crippen LogP contribution in [0.3, 0.4) is 0 Å². The molecule has 0 atom stereocenters. The molecule has 0 aromatic carbocycles. The van der Waals surface area contributed by atoms with Gasteiger partial charge in [0.1, 0.15) is 0 Å². The van der Waals surface area contributed by atoms with Crippen LogP contribution in [0, 0.1) is 27.7 Å². The highest BCUT2D eigenvalue weighted by Gasteiger charge is 2.17. The first-order chi connectivity index (χ1) is 11.4. The van der Waals surface area contributed by atoms with E-state index >= 15 is 0 Å². The molecule has 2 aromatic rings. The van der Waals surface area contributed by atoms with Gasteiger partial charge in [0.15, 0.2) is 0 Å². The molecule has 1 amide bonds. The van der Waals surface area contributed by atoms with Gasteiger partial charge in [0.05, 0.1) is 12.1 Å². The normalized spacial score (nSPS) is 10.4. The summed E-state index contributed by atoms with van der Waals surface area (Å²) >= 11 is 0. The second-order valence-electron chi connectivity index (χ2n) is 5.89. The summed E-state index contributed by atoms with van der Waals surface area (Å²) < 4.78 is 1.72. The van der Waals surface area contributed by atoms with Crippen LogP contribution in [0.1, 0.15) is 35.3 Å². The lowest BCUT2D eigenvalue weighted by atomic mass is 10.1. The van der Waals surface area contributed by atoms with Gasteiger partial charge in [-0.25, -0.2) is 14.6 Å². The molecule has 0 aliphatic rings. The molecule has 25 heavy (non-hydrogen) atoms. The summed E-state index contributed by atoms with van der Waals surface area (Å²) in [7, 11) is 0. The lowest BCUT2D eigenvalue weighted by molar-refractivity contribution is -0.120. The van der Waals surface area contributed by atoms with E-state index in [0.29, 0.717) is 18.9 Å². The molecule has 0 saturated carbocycles. The zero-order valence-corrected chi connectivity index (χ0v) is 16.3. The molecule has 0 fully saturated rings. The number of halogens is 1. The Bertz CT molecular complexity index is 708. The van der Waals surface area contributed by atoms with Crippen LogP contribution in [0.25, 0.3) is 5.95 Å². The van der Waals surface area contributed by atoms with E-state index in [-0.39, 0.29) is 18.3 Å². The van der Waals surface area contributed by atoms with Gasteiger partial charge in [0.25, 0.3) is 5.95 Å². The molecule has 8 heteroatoms. The number of hydrogen-bond acceptors (Lipinski definition) is 5. The Kier molecular flexibility index (Phi) is 7.99. The van der Waals surface area contributed by atoms with Crippen LogP contribution in [0.15, 0.2) is 6.07 Å². The van der Waals surface area contributed by atoms with Crippen molar-refractivity contribution in [3.05, 3.63) is 34.4 Å². The fourth-order valence-electron chi connectivity index (χ4n) is 2.62. The summed E-state index contributed by atoms with van der Waals surface area (Å²) in [6.45, 7) is 12.1. The van der Waals surface area contributed by atoms with Gasteiger partial charge in [-0.15, -0.1) is 12.4 Å². The van der Waals surface area contributed by atoms with Gasteiger partial charge in [-0.05, 0) is 40.3 Å². The second-order valence-corrected chi connectivity index (χ2v) is 5.89. The van der Waals surface area contributed by atoms with E-state index in [4.69, 9.17) is 0 Å². The van der Waals surface area contributed by atoms with Gasteiger partial charge in [-0.2, -0.15) is 5.10 Å². The first-order valence-corrected chi connectivity index (χ1v) is 8.27. The maximum Gasteiger partial charge on any atom is 0.251 e. The van der Waals surface area contributed by atoms with Crippen LogP contribution in [0.2, 0.25) is 0 Å². The quantitative estimate of drug-likeness (QED) is 0.727. The number of likely N-dealkylation sites (N-methyl/N-ethyl adjacent to an activating group) is 1. The number of carbonyl (C=O) groups is 1. The zero-order chi connectivity index (χ0) is 17.7. The topological polar surface area (TPSA) is 84.7 Å². The first-order valence-electron chi connectivity index (χ1n) is 8.27. The van der Waals surface area contributed by atoms with Crippen molar-refractivity contribution in [2.75, 3.05) is 19.6 Å². The summed E-state index contributed by atoms with van der Waals surface area (Å²) in [4.78, 5) is 21.0. The minimum Gasteiger partial charge on any atom is -0.355 e. The Morgan fingerprint density at radius 2 is 1.76 bits per heavy atom. The number of hydrogen-bond donors (Lipinski definition) is 2. The molecule has 0 spiro atoms. The first kappa shape index (κ1) is 21.1. The molecule has 0 aliphatic heterocycles. The molecule has 7 nitrogen and oxygen atoms in total. The predicted octanol–water partition coefficient (Wildman–Crippen LogP) is 1.59. The molecule has 0 unspecified atom stereocenters. The van der Waals surface area contributed by atoms with E-state index in [9.17, 15) is 4.79 Å². The Balaban J connectivity index is 0.00000312. The largest absolute Gasteiger partial charge is 0.355 e. The van der Waals surface area contributed by atoms with Crippen molar-refractivity contribution < 1.29 is 4.79 Å². The van der Waals surface area contributed by atoms with Crippen molar-refractivity contribution in [3.63, 3.8) is 0 Å². The Hall–Kier alpha value is -1.99. The van der Waals surface area contributed by atoms with E-state index in [1.165, 1.54) is 0 Å². The number of rotatable bonds is 7. The van der Waals surface area contributed by atoms with Crippen molar-refractivity contribution in [2.45, 2.75) is 41.0 Å². The van der Waals surface area contributed by atoms with E-state index in [1.54, 1.807) is 4.68 Å².